The fourth-order valence-corrected chi connectivity index (χ4v) is 4.70. The first-order chi connectivity index (χ1) is 10.5. The van der Waals surface area contributed by atoms with Crippen molar-refractivity contribution in [3.8, 4) is 0 Å². The fraction of sp³-hybridized carbons (Fsp3) is 0.625. The van der Waals surface area contributed by atoms with Crippen molar-refractivity contribution in [3.63, 3.8) is 0 Å². The summed E-state index contributed by atoms with van der Waals surface area (Å²) in [7, 11) is -1.28. The number of benzene rings is 1. The molecule has 2 aliphatic heterocycles. The number of nitrogens with one attached hydrogen (secondary N) is 1. The number of likely N-dealkylation sites (tertiary alicyclic amines) is 1. The van der Waals surface area contributed by atoms with Crippen LogP contribution in [0, 0.1) is 5.92 Å². The molecule has 1 saturated heterocycles. The van der Waals surface area contributed by atoms with Gasteiger partial charge in [-0.15, -0.1) is 0 Å². The minimum Gasteiger partial charge on any atom is -0.306 e. The van der Waals surface area contributed by atoms with Crippen LogP contribution < -0.4 is 4.72 Å². The summed E-state index contributed by atoms with van der Waals surface area (Å²) < 4.78 is 29.4. The second-order valence-electron chi connectivity index (χ2n) is 6.48. The predicted molar refractivity (Wildman–Crippen MR) is 87.7 cm³/mol. The molecule has 22 heavy (non-hydrogen) atoms. The quantitative estimate of drug-likeness (QED) is 0.906. The highest BCUT2D eigenvalue weighted by molar-refractivity contribution is 7.87. The van der Waals surface area contributed by atoms with Crippen LogP contribution in [0.25, 0.3) is 0 Å². The lowest BCUT2D eigenvalue weighted by Crippen LogP contribution is -2.46. The van der Waals surface area contributed by atoms with Crippen molar-refractivity contribution in [2.45, 2.75) is 25.8 Å². The molecule has 0 aliphatic carbocycles. The summed E-state index contributed by atoms with van der Waals surface area (Å²) in [4.78, 5) is 2.28. The maximum absolute atomic E-state index is 12.5. The lowest BCUT2D eigenvalue weighted by molar-refractivity contribution is 0.210. The first kappa shape index (κ1) is 15.9. The van der Waals surface area contributed by atoms with Crippen LogP contribution in [0.1, 0.15) is 24.0 Å². The monoisotopic (exact) mass is 323 g/mol. The minimum atomic E-state index is -3.38. The number of piperidine rings is 1. The number of fused-ring (bicyclic) bond motifs is 1. The first-order valence-corrected chi connectivity index (χ1v) is 9.48. The smallest absolute Gasteiger partial charge is 0.279 e. The molecular weight excluding hydrogens is 298 g/mol. The van der Waals surface area contributed by atoms with Crippen molar-refractivity contribution in [3.05, 3.63) is 35.4 Å². The highest BCUT2D eigenvalue weighted by atomic mass is 32.2. The Morgan fingerprint density at radius 2 is 2.00 bits per heavy atom. The maximum atomic E-state index is 12.5. The van der Waals surface area contributed by atoms with Gasteiger partial charge in [0.05, 0.1) is 0 Å². The molecule has 0 saturated carbocycles. The van der Waals surface area contributed by atoms with Crippen LogP contribution in [0.5, 0.6) is 0 Å². The minimum absolute atomic E-state index is 0.422. The van der Waals surface area contributed by atoms with Gasteiger partial charge in [0.2, 0.25) is 0 Å². The second-order valence-corrected chi connectivity index (χ2v) is 8.23. The standard InChI is InChI=1S/C16H25N3O2S/c1-18-9-4-5-14(12-18)11-17-22(20,21)19-10-8-15-6-2-3-7-16(15)13-19/h2-3,6-7,14,17H,4-5,8-13H2,1H3. The van der Waals surface area contributed by atoms with E-state index in [1.54, 1.807) is 4.31 Å². The molecule has 1 fully saturated rings. The van der Waals surface area contributed by atoms with Gasteiger partial charge in [-0.3, -0.25) is 0 Å². The van der Waals surface area contributed by atoms with Crippen LogP contribution in [0.3, 0.4) is 0 Å². The molecule has 0 spiro atoms. The van der Waals surface area contributed by atoms with E-state index in [4.69, 9.17) is 0 Å². The first-order valence-electron chi connectivity index (χ1n) is 8.04. The zero-order chi connectivity index (χ0) is 15.6. The van der Waals surface area contributed by atoms with E-state index in [0.29, 0.717) is 25.6 Å². The summed E-state index contributed by atoms with van der Waals surface area (Å²) in [6, 6.07) is 8.10. The highest BCUT2D eigenvalue weighted by Gasteiger charge is 2.27. The maximum Gasteiger partial charge on any atom is 0.279 e. The summed E-state index contributed by atoms with van der Waals surface area (Å²) in [5.74, 6) is 0.422. The normalized spacial score (nSPS) is 24.1. The van der Waals surface area contributed by atoms with E-state index in [2.05, 4.69) is 22.7 Å². The van der Waals surface area contributed by atoms with Gasteiger partial charge in [-0.2, -0.15) is 12.7 Å². The van der Waals surface area contributed by atoms with Gasteiger partial charge in [-0.05, 0) is 49.9 Å². The number of hydrogen-bond donors (Lipinski definition) is 1. The topological polar surface area (TPSA) is 52.7 Å². The number of hydrogen-bond acceptors (Lipinski definition) is 3. The van der Waals surface area contributed by atoms with Gasteiger partial charge in [0.25, 0.3) is 10.2 Å². The molecule has 1 unspecified atom stereocenters. The van der Waals surface area contributed by atoms with Crippen LogP contribution in [0.4, 0.5) is 0 Å². The van der Waals surface area contributed by atoms with E-state index in [1.165, 1.54) is 5.56 Å². The van der Waals surface area contributed by atoms with E-state index >= 15 is 0 Å². The molecule has 2 heterocycles. The van der Waals surface area contributed by atoms with Crippen molar-refractivity contribution in [2.24, 2.45) is 5.92 Å². The van der Waals surface area contributed by atoms with Crippen molar-refractivity contribution in [1.29, 1.82) is 0 Å². The zero-order valence-electron chi connectivity index (χ0n) is 13.2. The highest BCUT2D eigenvalue weighted by Crippen LogP contribution is 2.21. The molecule has 1 aromatic rings. The summed E-state index contributed by atoms with van der Waals surface area (Å²) in [6.45, 7) is 3.69. The lowest BCUT2D eigenvalue weighted by atomic mass is 9.99. The van der Waals surface area contributed by atoms with Crippen molar-refractivity contribution < 1.29 is 8.42 Å². The van der Waals surface area contributed by atoms with E-state index in [-0.39, 0.29) is 0 Å². The van der Waals surface area contributed by atoms with Crippen LogP contribution in [-0.4, -0.2) is 50.8 Å². The van der Waals surface area contributed by atoms with Gasteiger partial charge >= 0.3 is 0 Å². The van der Waals surface area contributed by atoms with Gasteiger partial charge in [0.15, 0.2) is 0 Å². The summed E-state index contributed by atoms with van der Waals surface area (Å²) in [5, 5.41) is 0. The molecule has 0 aromatic heterocycles. The summed E-state index contributed by atoms with van der Waals surface area (Å²) in [5.41, 5.74) is 2.39. The largest absolute Gasteiger partial charge is 0.306 e. The Bertz CT molecular complexity index is 618. The Morgan fingerprint density at radius 1 is 1.23 bits per heavy atom. The summed E-state index contributed by atoms with van der Waals surface area (Å²) in [6.07, 6.45) is 3.05. The Morgan fingerprint density at radius 3 is 2.77 bits per heavy atom. The van der Waals surface area contributed by atoms with Gasteiger partial charge in [0, 0.05) is 26.2 Å². The van der Waals surface area contributed by atoms with Crippen LogP contribution >= 0.6 is 0 Å². The van der Waals surface area contributed by atoms with Crippen molar-refractivity contribution in [1.82, 2.24) is 13.9 Å². The molecule has 0 amide bonds. The lowest BCUT2D eigenvalue weighted by Gasteiger charge is -2.31. The Hall–Kier alpha value is -0.950. The molecular formula is C16H25N3O2S. The third-order valence-corrected chi connectivity index (χ3v) is 6.24. The SMILES string of the molecule is CN1CCCC(CNS(=O)(=O)N2CCc3ccccc3C2)C1. The van der Waals surface area contributed by atoms with E-state index in [1.807, 2.05) is 18.2 Å². The zero-order valence-corrected chi connectivity index (χ0v) is 14.0. The average molecular weight is 323 g/mol. The molecule has 1 N–H and O–H groups in total. The van der Waals surface area contributed by atoms with Gasteiger partial charge in [-0.1, -0.05) is 24.3 Å². The summed E-state index contributed by atoms with van der Waals surface area (Å²) >= 11 is 0. The number of rotatable bonds is 4. The Kier molecular flexibility index (Phi) is 4.82. The van der Waals surface area contributed by atoms with E-state index in [9.17, 15) is 8.42 Å². The Balaban J connectivity index is 1.59. The van der Waals surface area contributed by atoms with E-state index in [0.717, 1.165) is 37.9 Å². The third-order valence-electron chi connectivity index (χ3n) is 4.71. The van der Waals surface area contributed by atoms with Crippen LogP contribution in [0.15, 0.2) is 24.3 Å². The molecule has 3 rings (SSSR count). The predicted octanol–water partition coefficient (Wildman–Crippen LogP) is 1.22. The van der Waals surface area contributed by atoms with Gasteiger partial charge in [-0.25, -0.2) is 4.72 Å². The van der Waals surface area contributed by atoms with Gasteiger partial charge in [0.1, 0.15) is 0 Å². The van der Waals surface area contributed by atoms with E-state index < -0.39 is 10.2 Å². The average Bonchev–Trinajstić information content (AvgIpc) is 2.53. The molecule has 2 aliphatic rings. The van der Waals surface area contributed by atoms with Crippen LogP contribution in [-0.2, 0) is 23.2 Å². The number of nitrogens with zero attached hydrogens (tertiary/aromatic N) is 2. The second kappa shape index (κ2) is 6.66. The van der Waals surface area contributed by atoms with Crippen molar-refractivity contribution in [2.75, 3.05) is 33.2 Å². The third kappa shape index (κ3) is 3.68. The molecule has 6 heteroatoms. The molecule has 1 atom stereocenters. The van der Waals surface area contributed by atoms with Gasteiger partial charge < -0.3 is 4.90 Å². The van der Waals surface area contributed by atoms with Crippen LogP contribution in [0.2, 0.25) is 0 Å². The van der Waals surface area contributed by atoms with Crippen molar-refractivity contribution >= 4 is 10.2 Å². The molecule has 5 nitrogen and oxygen atoms in total. The molecule has 122 valence electrons. The molecule has 0 radical (unpaired) electrons. The molecule has 1 aromatic carbocycles. The Labute approximate surface area is 133 Å². The molecule has 0 bridgehead atoms. The fourth-order valence-electron chi connectivity index (χ4n) is 3.43.